The molecule has 0 aliphatic carbocycles. The summed E-state index contributed by atoms with van der Waals surface area (Å²) >= 11 is 0. The Hall–Kier alpha value is -1.95. The van der Waals surface area contributed by atoms with Gasteiger partial charge < -0.3 is 14.7 Å². The maximum absolute atomic E-state index is 13.2. The van der Waals surface area contributed by atoms with E-state index in [1.54, 1.807) is 24.1 Å². The van der Waals surface area contributed by atoms with E-state index in [0.717, 1.165) is 25.2 Å². The molecule has 0 spiro atoms. The van der Waals surface area contributed by atoms with Crippen LogP contribution in [0.2, 0.25) is 0 Å². The molecule has 2 aliphatic rings. The molecule has 2 saturated heterocycles. The predicted molar refractivity (Wildman–Crippen MR) is 88.7 cm³/mol. The molecular weight excluding hydrogens is 309 g/mol. The molecule has 24 heavy (non-hydrogen) atoms. The van der Waals surface area contributed by atoms with Gasteiger partial charge in [-0.3, -0.25) is 9.59 Å². The van der Waals surface area contributed by atoms with Crippen molar-refractivity contribution in [2.24, 2.45) is 5.92 Å². The van der Waals surface area contributed by atoms with Crippen LogP contribution in [0, 0.1) is 11.7 Å². The minimum atomic E-state index is -0.388. The van der Waals surface area contributed by atoms with Crippen LogP contribution in [0.5, 0.6) is 0 Å². The van der Waals surface area contributed by atoms with Crippen molar-refractivity contribution in [3.63, 3.8) is 0 Å². The minimum Gasteiger partial charge on any atom is -0.340 e. The first kappa shape index (κ1) is 16.9. The highest BCUT2D eigenvalue weighted by molar-refractivity contribution is 5.90. The Morgan fingerprint density at radius 2 is 1.79 bits per heavy atom. The lowest BCUT2D eigenvalue weighted by Crippen LogP contribution is -2.50. The van der Waals surface area contributed by atoms with Crippen molar-refractivity contribution >= 4 is 11.8 Å². The SMILES string of the molecule is CCN1CCN(C(=O)[C@@H]2CC(=O)N(C)[C@@H]2c2ccc(F)cc2)CC1. The van der Waals surface area contributed by atoms with Gasteiger partial charge in [0.25, 0.3) is 0 Å². The molecule has 2 atom stereocenters. The summed E-state index contributed by atoms with van der Waals surface area (Å²) in [6.07, 6.45) is 0.228. The Labute approximate surface area is 142 Å². The van der Waals surface area contributed by atoms with Gasteiger partial charge >= 0.3 is 0 Å². The smallest absolute Gasteiger partial charge is 0.228 e. The number of amides is 2. The highest BCUT2D eigenvalue weighted by Crippen LogP contribution is 2.38. The quantitative estimate of drug-likeness (QED) is 0.842. The van der Waals surface area contributed by atoms with Gasteiger partial charge in [-0.05, 0) is 24.2 Å². The molecule has 2 fully saturated rings. The molecule has 2 amide bonds. The van der Waals surface area contributed by atoms with Gasteiger partial charge in [0, 0.05) is 39.6 Å². The summed E-state index contributed by atoms with van der Waals surface area (Å²) < 4.78 is 13.2. The molecule has 0 saturated carbocycles. The van der Waals surface area contributed by atoms with Crippen LogP contribution in [0.3, 0.4) is 0 Å². The van der Waals surface area contributed by atoms with Crippen molar-refractivity contribution in [3.05, 3.63) is 35.6 Å². The summed E-state index contributed by atoms with van der Waals surface area (Å²) in [6.45, 7) is 6.27. The molecule has 6 heteroatoms. The summed E-state index contributed by atoms with van der Waals surface area (Å²) in [7, 11) is 1.72. The third-order valence-electron chi connectivity index (χ3n) is 5.25. The average molecular weight is 333 g/mol. The predicted octanol–water partition coefficient (Wildman–Crippen LogP) is 1.51. The number of carbonyl (C=O) groups excluding carboxylic acids is 2. The summed E-state index contributed by atoms with van der Waals surface area (Å²) in [5.74, 6) is -0.696. The number of halogens is 1. The van der Waals surface area contributed by atoms with E-state index in [-0.39, 0.29) is 36.0 Å². The van der Waals surface area contributed by atoms with Crippen molar-refractivity contribution in [2.75, 3.05) is 39.8 Å². The molecule has 0 N–H and O–H groups in total. The molecule has 5 nitrogen and oxygen atoms in total. The third kappa shape index (κ3) is 3.15. The summed E-state index contributed by atoms with van der Waals surface area (Å²) in [5, 5.41) is 0. The topological polar surface area (TPSA) is 43.9 Å². The van der Waals surface area contributed by atoms with Gasteiger partial charge in [-0.25, -0.2) is 4.39 Å². The van der Waals surface area contributed by atoms with Gasteiger partial charge in [0.15, 0.2) is 0 Å². The van der Waals surface area contributed by atoms with Crippen LogP contribution in [0.4, 0.5) is 4.39 Å². The van der Waals surface area contributed by atoms with E-state index < -0.39 is 0 Å². The fourth-order valence-corrected chi connectivity index (χ4v) is 3.73. The molecule has 2 heterocycles. The monoisotopic (exact) mass is 333 g/mol. The maximum atomic E-state index is 13.2. The lowest BCUT2D eigenvalue weighted by molar-refractivity contribution is -0.138. The number of piperazine rings is 1. The molecule has 0 radical (unpaired) electrons. The number of benzene rings is 1. The number of rotatable bonds is 3. The summed E-state index contributed by atoms with van der Waals surface area (Å²) in [4.78, 5) is 31.0. The van der Waals surface area contributed by atoms with E-state index in [4.69, 9.17) is 0 Å². The van der Waals surface area contributed by atoms with E-state index in [1.165, 1.54) is 12.1 Å². The number of hydrogen-bond donors (Lipinski definition) is 0. The molecule has 0 aromatic heterocycles. The summed E-state index contributed by atoms with van der Waals surface area (Å²) in [5.41, 5.74) is 0.815. The second-order valence-electron chi connectivity index (χ2n) is 6.57. The highest BCUT2D eigenvalue weighted by Gasteiger charge is 2.44. The molecular formula is C18H24FN3O2. The molecule has 3 rings (SSSR count). The van der Waals surface area contributed by atoms with Gasteiger partial charge in [-0.2, -0.15) is 0 Å². The number of carbonyl (C=O) groups is 2. The molecule has 0 unspecified atom stereocenters. The molecule has 130 valence electrons. The van der Waals surface area contributed by atoms with Gasteiger partial charge in [0.2, 0.25) is 11.8 Å². The van der Waals surface area contributed by atoms with Crippen molar-refractivity contribution in [1.29, 1.82) is 0 Å². The lowest BCUT2D eigenvalue weighted by Gasteiger charge is -2.36. The van der Waals surface area contributed by atoms with Crippen LogP contribution in [-0.4, -0.2) is 66.3 Å². The van der Waals surface area contributed by atoms with Crippen molar-refractivity contribution in [2.45, 2.75) is 19.4 Å². The van der Waals surface area contributed by atoms with E-state index in [0.29, 0.717) is 13.1 Å². The average Bonchev–Trinajstić information content (AvgIpc) is 2.90. The van der Waals surface area contributed by atoms with Gasteiger partial charge in [-0.1, -0.05) is 19.1 Å². The zero-order chi connectivity index (χ0) is 17.3. The van der Waals surface area contributed by atoms with Crippen LogP contribution >= 0.6 is 0 Å². The standard InChI is InChI=1S/C18H24FN3O2/c1-3-21-8-10-22(11-9-21)18(24)15-12-16(23)20(2)17(15)13-4-6-14(19)7-5-13/h4-7,15,17H,3,8-12H2,1-2H3/t15-,17-/m1/s1. The molecule has 1 aromatic carbocycles. The number of hydrogen-bond acceptors (Lipinski definition) is 3. The number of likely N-dealkylation sites (N-methyl/N-ethyl adjacent to an activating group) is 1. The van der Waals surface area contributed by atoms with Gasteiger partial charge in [0.05, 0.1) is 12.0 Å². The number of likely N-dealkylation sites (tertiary alicyclic amines) is 1. The Kier molecular flexibility index (Phi) is 4.85. The van der Waals surface area contributed by atoms with Gasteiger partial charge in [-0.15, -0.1) is 0 Å². The van der Waals surface area contributed by atoms with Crippen molar-refractivity contribution in [3.8, 4) is 0 Å². The molecule has 1 aromatic rings. The zero-order valence-electron chi connectivity index (χ0n) is 14.2. The molecule has 2 aliphatic heterocycles. The van der Waals surface area contributed by atoms with Crippen molar-refractivity contribution in [1.82, 2.24) is 14.7 Å². The first-order valence-corrected chi connectivity index (χ1v) is 8.53. The highest BCUT2D eigenvalue weighted by atomic mass is 19.1. The zero-order valence-corrected chi connectivity index (χ0v) is 14.2. The van der Waals surface area contributed by atoms with E-state index in [1.807, 2.05) is 4.90 Å². The van der Waals surface area contributed by atoms with E-state index in [2.05, 4.69) is 11.8 Å². The van der Waals surface area contributed by atoms with E-state index >= 15 is 0 Å². The van der Waals surface area contributed by atoms with Crippen LogP contribution in [-0.2, 0) is 9.59 Å². The van der Waals surface area contributed by atoms with Crippen LogP contribution in [0.1, 0.15) is 24.9 Å². The van der Waals surface area contributed by atoms with Crippen LogP contribution < -0.4 is 0 Å². The Bertz CT molecular complexity index is 611. The number of nitrogens with zero attached hydrogens (tertiary/aromatic N) is 3. The van der Waals surface area contributed by atoms with Crippen LogP contribution in [0.25, 0.3) is 0 Å². The maximum Gasteiger partial charge on any atom is 0.228 e. The minimum absolute atomic E-state index is 0.0325. The fourth-order valence-electron chi connectivity index (χ4n) is 3.73. The van der Waals surface area contributed by atoms with Crippen LogP contribution in [0.15, 0.2) is 24.3 Å². The summed E-state index contributed by atoms with van der Waals surface area (Å²) in [6, 6.07) is 5.80. The lowest BCUT2D eigenvalue weighted by atomic mass is 9.92. The first-order valence-electron chi connectivity index (χ1n) is 8.53. The normalized spacial score (nSPS) is 25.4. The second kappa shape index (κ2) is 6.89. The Morgan fingerprint density at radius 1 is 1.17 bits per heavy atom. The van der Waals surface area contributed by atoms with Crippen molar-refractivity contribution < 1.29 is 14.0 Å². The Morgan fingerprint density at radius 3 is 2.38 bits per heavy atom. The fraction of sp³-hybridized carbons (Fsp3) is 0.556. The third-order valence-corrected chi connectivity index (χ3v) is 5.25. The molecule has 0 bridgehead atoms. The Balaban J connectivity index is 1.78. The largest absolute Gasteiger partial charge is 0.340 e. The van der Waals surface area contributed by atoms with Gasteiger partial charge in [0.1, 0.15) is 5.82 Å². The second-order valence-corrected chi connectivity index (χ2v) is 6.57. The van der Waals surface area contributed by atoms with E-state index in [9.17, 15) is 14.0 Å². The first-order chi connectivity index (χ1) is 11.5.